The summed E-state index contributed by atoms with van der Waals surface area (Å²) >= 11 is 7.49. The Balaban J connectivity index is 2.11. The molecule has 0 atom stereocenters. The van der Waals surface area contributed by atoms with Gasteiger partial charge in [-0.15, -0.1) is 11.3 Å². The van der Waals surface area contributed by atoms with Crippen molar-refractivity contribution in [2.45, 2.75) is 0 Å². The Morgan fingerprint density at radius 3 is 2.53 bits per heavy atom. The van der Waals surface area contributed by atoms with Gasteiger partial charge in [0.05, 0.1) is 0 Å². The molecule has 1 aromatic carbocycles. The molecule has 0 radical (unpaired) electrons. The first kappa shape index (κ1) is 13.6. The first-order valence-corrected chi connectivity index (χ1v) is 6.78. The molecule has 0 spiro atoms. The van der Waals surface area contributed by atoms with Gasteiger partial charge in [-0.05, 0) is 35.9 Å². The molecule has 2 rings (SSSR count). The maximum absolute atomic E-state index is 10.3. The number of aliphatic carboxylic acids is 1. The minimum Gasteiger partial charge on any atom is -0.478 e. The molecule has 4 heteroatoms. The van der Waals surface area contributed by atoms with Crippen LogP contribution in [0.3, 0.4) is 0 Å². The van der Waals surface area contributed by atoms with Crippen LogP contribution in [0.15, 0.2) is 54.6 Å². The number of carboxylic acids is 1. The predicted octanol–water partition coefficient (Wildman–Crippen LogP) is 4.72. The lowest BCUT2D eigenvalue weighted by Crippen LogP contribution is -1.84. The minimum absolute atomic E-state index is 0.722. The van der Waals surface area contributed by atoms with Crippen molar-refractivity contribution in [3.8, 4) is 10.4 Å². The van der Waals surface area contributed by atoms with E-state index in [1.54, 1.807) is 17.4 Å². The molecule has 0 aliphatic rings. The highest BCUT2D eigenvalue weighted by Gasteiger charge is 2.00. The molecule has 0 aliphatic carbocycles. The summed E-state index contributed by atoms with van der Waals surface area (Å²) in [5, 5.41) is 9.18. The van der Waals surface area contributed by atoms with Crippen LogP contribution in [0.5, 0.6) is 0 Å². The quantitative estimate of drug-likeness (QED) is 0.653. The third-order valence-electron chi connectivity index (χ3n) is 2.37. The summed E-state index contributed by atoms with van der Waals surface area (Å²) in [6.07, 6.45) is 6.20. The van der Waals surface area contributed by atoms with E-state index in [1.165, 1.54) is 6.08 Å². The Hall–Kier alpha value is -1.84. The Bertz CT molecular complexity index is 624. The number of hydrogen-bond acceptors (Lipinski definition) is 2. The van der Waals surface area contributed by atoms with Crippen molar-refractivity contribution in [1.82, 2.24) is 0 Å². The third-order valence-corrected chi connectivity index (χ3v) is 3.72. The zero-order chi connectivity index (χ0) is 13.7. The predicted molar refractivity (Wildman–Crippen MR) is 80.6 cm³/mol. The molecule has 2 nitrogen and oxygen atoms in total. The van der Waals surface area contributed by atoms with E-state index in [9.17, 15) is 4.79 Å². The second kappa shape index (κ2) is 6.36. The van der Waals surface area contributed by atoms with Gasteiger partial charge in [0, 0.05) is 20.9 Å². The Morgan fingerprint density at radius 1 is 1.11 bits per heavy atom. The van der Waals surface area contributed by atoms with Crippen molar-refractivity contribution >= 4 is 35.0 Å². The minimum atomic E-state index is -0.947. The number of halogens is 1. The SMILES string of the molecule is O=C(O)C=CC=Cc1ccc(-c2ccc(Cl)cc2)s1. The van der Waals surface area contributed by atoms with Gasteiger partial charge in [0.1, 0.15) is 0 Å². The summed E-state index contributed by atoms with van der Waals surface area (Å²) < 4.78 is 0. The lowest BCUT2D eigenvalue weighted by atomic mass is 10.2. The molecule has 1 N–H and O–H groups in total. The van der Waals surface area contributed by atoms with Crippen molar-refractivity contribution in [1.29, 1.82) is 0 Å². The first-order valence-electron chi connectivity index (χ1n) is 5.58. The smallest absolute Gasteiger partial charge is 0.328 e. The molecular formula is C15H11ClO2S. The van der Waals surface area contributed by atoms with Crippen LogP contribution in [-0.2, 0) is 4.79 Å². The van der Waals surface area contributed by atoms with Crippen LogP contribution in [0.4, 0.5) is 0 Å². The lowest BCUT2D eigenvalue weighted by molar-refractivity contribution is -0.131. The lowest BCUT2D eigenvalue weighted by Gasteiger charge is -1.96. The molecule has 1 heterocycles. The van der Waals surface area contributed by atoms with Gasteiger partial charge in [-0.1, -0.05) is 35.9 Å². The monoisotopic (exact) mass is 290 g/mol. The molecule has 0 aliphatic heterocycles. The fourth-order valence-corrected chi connectivity index (χ4v) is 2.55. The second-order valence-electron chi connectivity index (χ2n) is 3.77. The summed E-state index contributed by atoms with van der Waals surface area (Å²) in [6.45, 7) is 0. The van der Waals surface area contributed by atoms with Crippen LogP contribution in [0, 0.1) is 0 Å². The molecule has 1 aromatic heterocycles. The fraction of sp³-hybridized carbons (Fsp3) is 0. The van der Waals surface area contributed by atoms with E-state index in [2.05, 4.69) is 0 Å². The van der Waals surface area contributed by atoms with E-state index in [0.717, 1.165) is 26.4 Å². The van der Waals surface area contributed by atoms with Crippen LogP contribution < -0.4 is 0 Å². The van der Waals surface area contributed by atoms with Gasteiger partial charge in [-0.25, -0.2) is 4.79 Å². The highest BCUT2D eigenvalue weighted by molar-refractivity contribution is 7.16. The number of allylic oxidation sites excluding steroid dienone is 2. The normalized spacial score (nSPS) is 11.4. The van der Waals surface area contributed by atoms with Crippen molar-refractivity contribution in [2.75, 3.05) is 0 Å². The van der Waals surface area contributed by atoms with E-state index >= 15 is 0 Å². The average Bonchev–Trinajstić information content (AvgIpc) is 2.84. The Kier molecular flexibility index (Phi) is 4.55. The summed E-state index contributed by atoms with van der Waals surface area (Å²) in [5.41, 5.74) is 1.12. The van der Waals surface area contributed by atoms with Crippen LogP contribution >= 0.6 is 22.9 Å². The maximum atomic E-state index is 10.3. The third kappa shape index (κ3) is 4.09. The van der Waals surface area contributed by atoms with Crippen molar-refractivity contribution in [3.05, 3.63) is 64.5 Å². The topological polar surface area (TPSA) is 37.3 Å². The number of carbonyl (C=O) groups is 1. The van der Waals surface area contributed by atoms with Gasteiger partial charge in [0.15, 0.2) is 0 Å². The van der Waals surface area contributed by atoms with Crippen LogP contribution in [0.25, 0.3) is 16.5 Å². The van der Waals surface area contributed by atoms with Gasteiger partial charge >= 0.3 is 5.97 Å². The summed E-state index contributed by atoms with van der Waals surface area (Å²) in [7, 11) is 0. The Morgan fingerprint density at radius 2 is 1.84 bits per heavy atom. The number of benzene rings is 1. The molecule has 0 unspecified atom stereocenters. The van der Waals surface area contributed by atoms with Gasteiger partial charge in [-0.3, -0.25) is 0 Å². The molecule has 0 saturated carbocycles. The van der Waals surface area contributed by atoms with Crippen LogP contribution in [0.1, 0.15) is 4.88 Å². The molecule has 0 saturated heterocycles. The number of carboxylic acid groups (broad SMARTS) is 1. The summed E-state index contributed by atoms with van der Waals surface area (Å²) in [6, 6.07) is 11.7. The Labute approximate surface area is 120 Å². The molecule has 19 heavy (non-hydrogen) atoms. The van der Waals surface area contributed by atoms with E-state index < -0.39 is 5.97 Å². The van der Waals surface area contributed by atoms with E-state index in [0.29, 0.717) is 0 Å². The highest BCUT2D eigenvalue weighted by Crippen LogP contribution is 2.29. The maximum Gasteiger partial charge on any atom is 0.328 e. The van der Waals surface area contributed by atoms with E-state index in [-0.39, 0.29) is 0 Å². The zero-order valence-corrected chi connectivity index (χ0v) is 11.5. The van der Waals surface area contributed by atoms with Crippen molar-refractivity contribution in [2.24, 2.45) is 0 Å². The number of thiophene rings is 1. The highest BCUT2D eigenvalue weighted by atomic mass is 35.5. The van der Waals surface area contributed by atoms with Gasteiger partial charge in [0.25, 0.3) is 0 Å². The van der Waals surface area contributed by atoms with Crippen LogP contribution in [-0.4, -0.2) is 11.1 Å². The van der Waals surface area contributed by atoms with Gasteiger partial charge in [-0.2, -0.15) is 0 Å². The molecule has 0 amide bonds. The standard InChI is InChI=1S/C15H11ClO2S/c16-12-7-5-11(6-8-12)14-10-9-13(19-14)3-1-2-4-15(17)18/h1-10H,(H,17,18). The largest absolute Gasteiger partial charge is 0.478 e. The molecule has 0 bridgehead atoms. The zero-order valence-electron chi connectivity index (χ0n) is 9.92. The van der Waals surface area contributed by atoms with Crippen molar-refractivity contribution in [3.63, 3.8) is 0 Å². The van der Waals surface area contributed by atoms with E-state index in [1.807, 2.05) is 42.5 Å². The number of rotatable bonds is 4. The fourth-order valence-electron chi connectivity index (χ4n) is 1.50. The summed E-state index contributed by atoms with van der Waals surface area (Å²) in [4.78, 5) is 12.5. The second-order valence-corrected chi connectivity index (χ2v) is 5.32. The van der Waals surface area contributed by atoms with Gasteiger partial charge in [0.2, 0.25) is 0 Å². The molecule has 0 fully saturated rings. The van der Waals surface area contributed by atoms with Crippen LogP contribution in [0.2, 0.25) is 5.02 Å². The molecule has 2 aromatic rings. The molecular weight excluding hydrogens is 280 g/mol. The first-order chi connectivity index (χ1) is 9.15. The van der Waals surface area contributed by atoms with E-state index in [4.69, 9.17) is 16.7 Å². The van der Waals surface area contributed by atoms with Gasteiger partial charge < -0.3 is 5.11 Å². The van der Waals surface area contributed by atoms with Crippen molar-refractivity contribution < 1.29 is 9.90 Å². The molecule has 96 valence electrons. The number of hydrogen-bond donors (Lipinski definition) is 1. The average molecular weight is 291 g/mol. The summed E-state index contributed by atoms with van der Waals surface area (Å²) in [5.74, 6) is -0.947.